The van der Waals surface area contributed by atoms with Crippen LogP contribution in [0.2, 0.25) is 0 Å². The van der Waals surface area contributed by atoms with Gasteiger partial charge < -0.3 is 10.2 Å². The monoisotopic (exact) mass is 309 g/mol. The van der Waals surface area contributed by atoms with Gasteiger partial charge >= 0.3 is 6.18 Å². The quantitative estimate of drug-likeness (QED) is 0.872. The van der Waals surface area contributed by atoms with Gasteiger partial charge in [-0.1, -0.05) is 11.8 Å². The van der Waals surface area contributed by atoms with E-state index in [4.69, 9.17) is 0 Å². The van der Waals surface area contributed by atoms with Gasteiger partial charge in [0.15, 0.2) is 5.12 Å². The average Bonchev–Trinajstić information content (AvgIpc) is 2.36. The maximum atomic E-state index is 12.5. The molecule has 0 aliphatic carbocycles. The van der Waals surface area contributed by atoms with Crippen LogP contribution in [0.5, 0.6) is 0 Å². The Morgan fingerprint density at radius 1 is 1.45 bits per heavy atom. The number of aliphatic hydroxyl groups excluding tert-OH is 2. The molecule has 0 spiro atoms. The molecule has 1 aromatic rings. The second-order valence-electron chi connectivity index (χ2n) is 4.11. The highest BCUT2D eigenvalue weighted by Gasteiger charge is 2.33. The van der Waals surface area contributed by atoms with Gasteiger partial charge in [0, 0.05) is 18.9 Å². The summed E-state index contributed by atoms with van der Waals surface area (Å²) < 4.78 is 37.4. The molecule has 0 aliphatic rings. The van der Waals surface area contributed by atoms with Crippen molar-refractivity contribution in [3.63, 3.8) is 0 Å². The molecule has 1 aromatic heterocycles. The zero-order valence-corrected chi connectivity index (χ0v) is 11.4. The Hall–Kier alpha value is -1.12. The molecule has 0 fully saturated rings. The summed E-state index contributed by atoms with van der Waals surface area (Å²) in [4.78, 5) is 13.9. The van der Waals surface area contributed by atoms with Crippen LogP contribution in [-0.4, -0.2) is 32.2 Å². The van der Waals surface area contributed by atoms with E-state index in [1.807, 2.05) is 0 Å². The van der Waals surface area contributed by atoms with Crippen LogP contribution < -0.4 is 0 Å². The molecule has 0 aliphatic heterocycles. The van der Waals surface area contributed by atoms with Gasteiger partial charge in [0.25, 0.3) is 0 Å². The summed E-state index contributed by atoms with van der Waals surface area (Å²) in [5.41, 5.74) is -1.19. The molecule has 2 N–H and O–H groups in total. The fourth-order valence-electron chi connectivity index (χ4n) is 1.49. The van der Waals surface area contributed by atoms with E-state index in [1.165, 1.54) is 13.0 Å². The fourth-order valence-corrected chi connectivity index (χ4v) is 2.14. The first kappa shape index (κ1) is 16.9. The van der Waals surface area contributed by atoms with Crippen LogP contribution in [0.15, 0.2) is 18.3 Å². The molecule has 0 bridgehead atoms. The molecular formula is C12H14F3NO3S. The number of pyridine rings is 1. The van der Waals surface area contributed by atoms with E-state index in [0.29, 0.717) is 6.07 Å². The van der Waals surface area contributed by atoms with Crippen molar-refractivity contribution in [3.8, 4) is 0 Å². The number of halogens is 3. The molecule has 2 atom stereocenters. The van der Waals surface area contributed by atoms with Crippen molar-refractivity contribution in [2.45, 2.75) is 31.7 Å². The number of aliphatic hydroxyl groups is 2. The zero-order chi connectivity index (χ0) is 15.3. The lowest BCUT2D eigenvalue weighted by atomic mass is 10.0. The highest BCUT2D eigenvalue weighted by Crippen LogP contribution is 2.30. The van der Waals surface area contributed by atoms with Gasteiger partial charge in [0.1, 0.15) is 11.8 Å². The number of hydrogen-bond donors (Lipinski definition) is 2. The Bertz CT molecular complexity index is 468. The Labute approximate surface area is 118 Å². The minimum Gasteiger partial charge on any atom is -0.390 e. The number of alkyl halides is 3. The Morgan fingerprint density at radius 3 is 2.65 bits per heavy atom. The van der Waals surface area contributed by atoms with Gasteiger partial charge in [-0.3, -0.25) is 9.78 Å². The summed E-state index contributed by atoms with van der Waals surface area (Å²) >= 11 is 0.977. The topological polar surface area (TPSA) is 70.4 Å². The van der Waals surface area contributed by atoms with Gasteiger partial charge in [-0.05, 0) is 24.1 Å². The van der Waals surface area contributed by atoms with Crippen LogP contribution in [0.1, 0.15) is 30.7 Å². The lowest BCUT2D eigenvalue weighted by Gasteiger charge is -2.18. The van der Waals surface area contributed by atoms with Crippen molar-refractivity contribution < 1.29 is 28.2 Å². The van der Waals surface area contributed by atoms with Gasteiger partial charge in [0.2, 0.25) is 0 Å². The summed E-state index contributed by atoms with van der Waals surface area (Å²) in [5, 5.41) is 19.4. The van der Waals surface area contributed by atoms with Crippen LogP contribution >= 0.6 is 11.8 Å². The molecule has 0 saturated carbocycles. The Balaban J connectivity index is 2.71. The molecule has 0 saturated heterocycles. The van der Waals surface area contributed by atoms with Crippen molar-refractivity contribution in [1.29, 1.82) is 0 Å². The van der Waals surface area contributed by atoms with Crippen LogP contribution in [0.3, 0.4) is 0 Å². The van der Waals surface area contributed by atoms with Crippen LogP contribution in [-0.2, 0) is 11.0 Å². The first-order valence-electron chi connectivity index (χ1n) is 5.74. The molecule has 0 aromatic carbocycles. The van der Waals surface area contributed by atoms with Gasteiger partial charge in [-0.25, -0.2) is 0 Å². The van der Waals surface area contributed by atoms with E-state index >= 15 is 0 Å². The lowest BCUT2D eigenvalue weighted by Crippen LogP contribution is -2.20. The Morgan fingerprint density at radius 2 is 2.10 bits per heavy atom. The molecule has 2 unspecified atom stereocenters. The lowest BCUT2D eigenvalue weighted by molar-refractivity contribution is -0.141. The van der Waals surface area contributed by atoms with E-state index in [9.17, 15) is 28.2 Å². The highest BCUT2D eigenvalue weighted by molar-refractivity contribution is 8.13. The van der Waals surface area contributed by atoms with E-state index < -0.39 is 24.1 Å². The number of nitrogens with zero attached hydrogens (tertiary/aromatic N) is 1. The molecule has 20 heavy (non-hydrogen) atoms. The summed E-state index contributed by atoms with van der Waals surface area (Å²) in [6, 6.07) is 1.91. The molecule has 0 radical (unpaired) electrons. The number of rotatable bonds is 5. The maximum absolute atomic E-state index is 12.5. The molecular weight excluding hydrogens is 295 g/mol. The summed E-state index contributed by atoms with van der Waals surface area (Å²) in [7, 11) is 0. The summed E-state index contributed by atoms with van der Waals surface area (Å²) in [5.74, 6) is 0.283. The minimum absolute atomic E-state index is 0.0624. The SMILES string of the molecule is CC(=O)SCCC(O)C(O)c1ccnc(C(F)(F)F)c1. The number of carbonyl (C=O) groups is 1. The van der Waals surface area contributed by atoms with Crippen LogP contribution in [0, 0.1) is 0 Å². The van der Waals surface area contributed by atoms with Crippen molar-refractivity contribution in [2.24, 2.45) is 0 Å². The maximum Gasteiger partial charge on any atom is 0.433 e. The third-order valence-electron chi connectivity index (χ3n) is 2.50. The van der Waals surface area contributed by atoms with E-state index in [0.717, 1.165) is 18.0 Å². The second kappa shape index (κ2) is 7.05. The number of hydrogen-bond acceptors (Lipinski definition) is 5. The summed E-state index contributed by atoms with van der Waals surface area (Å²) in [6.45, 7) is 1.37. The predicted octanol–water partition coefficient (Wildman–Crippen LogP) is 2.16. The molecule has 112 valence electrons. The van der Waals surface area contributed by atoms with E-state index in [2.05, 4.69) is 4.98 Å². The predicted molar refractivity (Wildman–Crippen MR) is 68.0 cm³/mol. The number of thioether (sulfide) groups is 1. The van der Waals surface area contributed by atoms with Crippen LogP contribution in [0.25, 0.3) is 0 Å². The van der Waals surface area contributed by atoms with E-state index in [-0.39, 0.29) is 22.9 Å². The zero-order valence-electron chi connectivity index (χ0n) is 10.6. The standard InChI is InChI=1S/C12H14F3NO3S/c1-7(17)20-5-3-9(18)11(19)8-2-4-16-10(6-8)12(13,14)15/h2,4,6,9,11,18-19H,3,5H2,1H3. The first-order valence-corrected chi connectivity index (χ1v) is 6.73. The number of carbonyl (C=O) groups excluding carboxylic acids is 1. The van der Waals surface area contributed by atoms with Gasteiger partial charge in [-0.2, -0.15) is 13.2 Å². The smallest absolute Gasteiger partial charge is 0.390 e. The van der Waals surface area contributed by atoms with Gasteiger partial charge in [0.05, 0.1) is 6.10 Å². The normalized spacial score (nSPS) is 14.9. The van der Waals surface area contributed by atoms with Crippen molar-refractivity contribution in [3.05, 3.63) is 29.6 Å². The minimum atomic E-state index is -4.61. The largest absolute Gasteiger partial charge is 0.433 e. The number of aromatic nitrogens is 1. The summed E-state index contributed by atoms with van der Waals surface area (Å²) in [6.07, 6.45) is -6.28. The van der Waals surface area contributed by atoms with Crippen molar-refractivity contribution >= 4 is 16.9 Å². The van der Waals surface area contributed by atoms with Gasteiger partial charge in [-0.15, -0.1) is 0 Å². The highest BCUT2D eigenvalue weighted by atomic mass is 32.2. The Kier molecular flexibility index (Phi) is 5.97. The van der Waals surface area contributed by atoms with Crippen LogP contribution in [0.4, 0.5) is 13.2 Å². The molecule has 1 heterocycles. The second-order valence-corrected chi connectivity index (χ2v) is 5.38. The molecule has 0 amide bonds. The molecule has 4 nitrogen and oxygen atoms in total. The molecule has 1 rings (SSSR count). The van der Waals surface area contributed by atoms with E-state index in [1.54, 1.807) is 0 Å². The van der Waals surface area contributed by atoms with Crippen molar-refractivity contribution in [1.82, 2.24) is 4.98 Å². The molecule has 8 heteroatoms. The third-order valence-corrected chi connectivity index (χ3v) is 3.35. The first-order chi connectivity index (χ1) is 9.21. The fraction of sp³-hybridized carbons (Fsp3) is 0.500. The third kappa shape index (κ3) is 5.10. The average molecular weight is 309 g/mol. The van der Waals surface area contributed by atoms with Crippen molar-refractivity contribution in [2.75, 3.05) is 5.75 Å².